The Labute approximate surface area is 149 Å². The van der Waals surface area contributed by atoms with E-state index in [4.69, 9.17) is 0 Å². The number of imide groups is 1. The highest BCUT2D eigenvalue weighted by molar-refractivity contribution is 8.01. The fraction of sp³-hybridized carbons (Fsp3) is 0.500. The van der Waals surface area contributed by atoms with Gasteiger partial charge in [-0.2, -0.15) is 0 Å². The molecule has 2 aliphatic rings. The lowest BCUT2D eigenvalue weighted by molar-refractivity contribution is -0.122. The Bertz CT molecular complexity index is 790. The predicted octanol–water partition coefficient (Wildman–Crippen LogP) is 4.48. The summed E-state index contributed by atoms with van der Waals surface area (Å²) in [7, 11) is 0. The number of benzene rings is 1. The number of nitrogens with zero attached hydrogens (tertiary/aromatic N) is 2. The maximum absolute atomic E-state index is 12.7. The molecule has 0 spiro atoms. The highest BCUT2D eigenvalue weighted by Gasteiger charge is 2.48. The van der Waals surface area contributed by atoms with Crippen LogP contribution in [0.25, 0.3) is 10.2 Å². The summed E-state index contributed by atoms with van der Waals surface area (Å²) in [6.45, 7) is 4.29. The Hall–Kier alpha value is -1.40. The van der Waals surface area contributed by atoms with Gasteiger partial charge in [0.15, 0.2) is 4.34 Å². The average Bonchev–Trinajstić information content (AvgIpc) is 3.05. The van der Waals surface area contributed by atoms with Gasteiger partial charge in [0.1, 0.15) is 0 Å². The lowest BCUT2D eigenvalue weighted by Gasteiger charge is -2.19. The first-order valence-corrected chi connectivity index (χ1v) is 10.2. The minimum atomic E-state index is -0.101. The molecule has 0 radical (unpaired) electrons. The van der Waals surface area contributed by atoms with Crippen LogP contribution in [0.1, 0.15) is 39.5 Å². The summed E-state index contributed by atoms with van der Waals surface area (Å²) in [4.78, 5) is 31.5. The summed E-state index contributed by atoms with van der Waals surface area (Å²) >= 11 is 3.37. The van der Waals surface area contributed by atoms with Crippen LogP contribution in [0.15, 0.2) is 22.5 Å². The standard InChI is InChI=1S/C18H20N2O2S2/c1-10(2)23-18-19-14-8-7-11(9-15(14)24-18)20-16(21)12-5-3-4-6-13(12)17(20)22/h7-10,12-13H,3-6H2,1-2H3/t12-,13-/m0/s1. The third kappa shape index (κ3) is 2.65. The molecule has 2 fully saturated rings. The molecule has 1 aliphatic heterocycles. The van der Waals surface area contributed by atoms with E-state index >= 15 is 0 Å². The van der Waals surface area contributed by atoms with Crippen LogP contribution in [0.5, 0.6) is 0 Å². The van der Waals surface area contributed by atoms with Gasteiger partial charge in [-0.1, -0.05) is 38.5 Å². The molecular weight excluding hydrogens is 340 g/mol. The molecule has 4 nitrogen and oxygen atoms in total. The lowest BCUT2D eigenvalue weighted by Crippen LogP contribution is -2.30. The molecule has 1 aromatic carbocycles. The van der Waals surface area contributed by atoms with Crippen molar-refractivity contribution in [1.29, 1.82) is 0 Å². The first kappa shape index (κ1) is 16.1. The number of fused-ring (bicyclic) bond motifs is 2. The molecule has 6 heteroatoms. The number of amides is 2. The van der Waals surface area contributed by atoms with Gasteiger partial charge in [0, 0.05) is 5.25 Å². The van der Waals surface area contributed by atoms with E-state index in [1.54, 1.807) is 23.1 Å². The number of aromatic nitrogens is 1. The summed E-state index contributed by atoms with van der Waals surface area (Å²) < 4.78 is 2.07. The number of carbonyl (C=O) groups excluding carboxylic acids is 2. The number of hydrogen-bond acceptors (Lipinski definition) is 5. The first-order valence-electron chi connectivity index (χ1n) is 8.49. The highest BCUT2D eigenvalue weighted by atomic mass is 32.2. The molecule has 0 bridgehead atoms. The summed E-state index contributed by atoms with van der Waals surface area (Å²) in [5.74, 6) is -0.221. The topological polar surface area (TPSA) is 50.3 Å². The second-order valence-corrected chi connectivity index (χ2v) is 9.66. The van der Waals surface area contributed by atoms with E-state index in [1.165, 1.54) is 4.90 Å². The maximum Gasteiger partial charge on any atom is 0.237 e. The maximum atomic E-state index is 12.7. The summed E-state index contributed by atoms with van der Waals surface area (Å²) in [5, 5.41) is 0.481. The SMILES string of the molecule is CC(C)Sc1nc2ccc(N3C(=O)[C@H]4CCCC[C@@H]4C3=O)cc2s1. The van der Waals surface area contributed by atoms with E-state index < -0.39 is 0 Å². The lowest BCUT2D eigenvalue weighted by atomic mass is 9.81. The van der Waals surface area contributed by atoms with E-state index in [2.05, 4.69) is 18.8 Å². The van der Waals surface area contributed by atoms with Crippen molar-refractivity contribution in [2.24, 2.45) is 11.8 Å². The summed E-state index contributed by atoms with van der Waals surface area (Å²) in [6, 6.07) is 5.73. The fourth-order valence-corrected chi connectivity index (χ4v) is 6.02. The van der Waals surface area contributed by atoms with Crippen molar-refractivity contribution in [3.63, 3.8) is 0 Å². The van der Waals surface area contributed by atoms with Gasteiger partial charge in [0.2, 0.25) is 11.8 Å². The van der Waals surface area contributed by atoms with Gasteiger partial charge in [-0.25, -0.2) is 4.98 Å². The zero-order valence-corrected chi connectivity index (χ0v) is 15.5. The van der Waals surface area contributed by atoms with Gasteiger partial charge >= 0.3 is 0 Å². The normalized spacial score (nSPS) is 24.2. The Morgan fingerprint density at radius 3 is 2.46 bits per heavy atom. The monoisotopic (exact) mass is 360 g/mol. The van der Waals surface area contributed by atoms with Crippen LogP contribution < -0.4 is 4.90 Å². The zero-order valence-electron chi connectivity index (χ0n) is 13.8. The van der Waals surface area contributed by atoms with Crippen LogP contribution in [0.4, 0.5) is 5.69 Å². The molecular formula is C18H20N2O2S2. The van der Waals surface area contributed by atoms with Crippen LogP contribution in [-0.2, 0) is 9.59 Å². The quantitative estimate of drug-likeness (QED) is 0.598. The third-order valence-electron chi connectivity index (χ3n) is 4.79. The molecule has 0 unspecified atom stereocenters. The van der Waals surface area contributed by atoms with Crippen LogP contribution >= 0.6 is 23.1 Å². The van der Waals surface area contributed by atoms with E-state index in [1.807, 2.05) is 18.2 Å². The number of anilines is 1. The van der Waals surface area contributed by atoms with Crippen molar-refractivity contribution in [2.45, 2.75) is 49.1 Å². The molecule has 126 valence electrons. The van der Waals surface area contributed by atoms with Gasteiger partial charge in [-0.05, 0) is 31.0 Å². The fourth-order valence-electron chi connectivity index (χ4n) is 3.70. The van der Waals surface area contributed by atoms with Crippen LogP contribution in [0.3, 0.4) is 0 Å². The van der Waals surface area contributed by atoms with Gasteiger partial charge < -0.3 is 0 Å². The van der Waals surface area contributed by atoms with Crippen molar-refractivity contribution in [3.8, 4) is 0 Å². The van der Waals surface area contributed by atoms with Crippen molar-refractivity contribution >= 4 is 50.8 Å². The molecule has 4 rings (SSSR count). The first-order chi connectivity index (χ1) is 11.5. The predicted molar refractivity (Wildman–Crippen MR) is 98.6 cm³/mol. The molecule has 1 aliphatic carbocycles. The number of carbonyl (C=O) groups is 2. The smallest absolute Gasteiger partial charge is 0.237 e. The molecule has 1 aromatic heterocycles. The minimum absolute atomic E-state index is 0.00894. The largest absolute Gasteiger partial charge is 0.274 e. The summed E-state index contributed by atoms with van der Waals surface area (Å²) in [6.07, 6.45) is 3.81. The van der Waals surface area contributed by atoms with Crippen molar-refractivity contribution in [2.75, 3.05) is 4.90 Å². The van der Waals surface area contributed by atoms with Crippen LogP contribution in [0.2, 0.25) is 0 Å². The molecule has 2 heterocycles. The Morgan fingerprint density at radius 1 is 1.17 bits per heavy atom. The molecule has 1 saturated carbocycles. The van der Waals surface area contributed by atoms with E-state index in [-0.39, 0.29) is 23.7 Å². The van der Waals surface area contributed by atoms with Crippen LogP contribution in [-0.4, -0.2) is 22.0 Å². The van der Waals surface area contributed by atoms with E-state index in [9.17, 15) is 9.59 Å². The van der Waals surface area contributed by atoms with Gasteiger partial charge in [0.25, 0.3) is 0 Å². The average molecular weight is 361 g/mol. The second-order valence-electron chi connectivity index (χ2n) is 6.81. The van der Waals surface area contributed by atoms with E-state index in [0.717, 1.165) is 40.2 Å². The Morgan fingerprint density at radius 2 is 1.83 bits per heavy atom. The van der Waals surface area contributed by atoms with Crippen LogP contribution in [0, 0.1) is 11.8 Å². The second kappa shape index (κ2) is 6.15. The molecule has 2 aromatic rings. The van der Waals surface area contributed by atoms with Crippen molar-refractivity contribution in [1.82, 2.24) is 4.98 Å². The minimum Gasteiger partial charge on any atom is -0.274 e. The molecule has 24 heavy (non-hydrogen) atoms. The third-order valence-corrected chi connectivity index (χ3v) is 6.90. The van der Waals surface area contributed by atoms with Gasteiger partial charge in [0.05, 0.1) is 27.7 Å². The van der Waals surface area contributed by atoms with E-state index in [0.29, 0.717) is 10.9 Å². The molecule has 2 amide bonds. The molecule has 2 atom stereocenters. The number of thioether (sulfide) groups is 1. The molecule has 1 saturated heterocycles. The highest BCUT2D eigenvalue weighted by Crippen LogP contribution is 2.41. The Kier molecular flexibility index (Phi) is 4.12. The number of hydrogen-bond donors (Lipinski definition) is 0. The number of rotatable bonds is 3. The van der Waals surface area contributed by atoms with Gasteiger partial charge in [-0.15, -0.1) is 11.3 Å². The van der Waals surface area contributed by atoms with Crippen molar-refractivity contribution in [3.05, 3.63) is 18.2 Å². The van der Waals surface area contributed by atoms with Crippen molar-refractivity contribution < 1.29 is 9.59 Å². The molecule has 0 N–H and O–H groups in total. The summed E-state index contributed by atoms with van der Waals surface area (Å²) in [5.41, 5.74) is 1.64. The Balaban J connectivity index is 1.68. The number of thiazole rings is 1. The zero-order chi connectivity index (χ0) is 16.8. The van der Waals surface area contributed by atoms with Gasteiger partial charge in [-0.3, -0.25) is 14.5 Å².